The van der Waals surface area contributed by atoms with Crippen LogP contribution in [0.3, 0.4) is 0 Å². The summed E-state index contributed by atoms with van der Waals surface area (Å²) in [6, 6.07) is 0. The van der Waals surface area contributed by atoms with Gasteiger partial charge in [-0.2, -0.15) is 0 Å². The summed E-state index contributed by atoms with van der Waals surface area (Å²) >= 11 is 0. The molecule has 1 fully saturated rings. The minimum Gasteiger partial charge on any atom is -0.377 e. The molecule has 0 bridgehead atoms. The molecular formula is C13H28N2O. The van der Waals surface area contributed by atoms with Crippen LogP contribution in [-0.2, 0) is 4.74 Å². The standard InChI is InChI=1S/C13H28N2O/c1-5-7-14-9-12-6-8-15(10-12)11-13(2,3)16-4/h12,14H,5-11H2,1-4H3. The third-order valence-electron chi connectivity index (χ3n) is 3.39. The van der Waals surface area contributed by atoms with Crippen LogP contribution in [-0.4, -0.2) is 50.3 Å². The molecule has 1 unspecified atom stereocenters. The lowest BCUT2D eigenvalue weighted by molar-refractivity contribution is -0.00317. The van der Waals surface area contributed by atoms with Crippen LogP contribution in [0.15, 0.2) is 0 Å². The van der Waals surface area contributed by atoms with Crippen molar-refractivity contribution >= 4 is 0 Å². The summed E-state index contributed by atoms with van der Waals surface area (Å²) in [4.78, 5) is 2.53. The normalized spacial score (nSPS) is 22.9. The quantitative estimate of drug-likeness (QED) is 0.672. The number of likely N-dealkylation sites (tertiary alicyclic amines) is 1. The van der Waals surface area contributed by atoms with E-state index >= 15 is 0 Å². The average Bonchev–Trinajstić information content (AvgIpc) is 2.65. The molecule has 0 aromatic heterocycles. The first-order valence-corrected chi connectivity index (χ1v) is 6.55. The Morgan fingerprint density at radius 2 is 2.19 bits per heavy atom. The lowest BCUT2D eigenvalue weighted by Crippen LogP contribution is -2.39. The monoisotopic (exact) mass is 228 g/mol. The molecule has 1 rings (SSSR count). The molecular weight excluding hydrogens is 200 g/mol. The summed E-state index contributed by atoms with van der Waals surface area (Å²) in [6.45, 7) is 12.4. The van der Waals surface area contributed by atoms with Crippen molar-refractivity contribution in [3.8, 4) is 0 Å². The maximum Gasteiger partial charge on any atom is 0.0749 e. The fourth-order valence-electron chi connectivity index (χ4n) is 2.31. The highest BCUT2D eigenvalue weighted by Gasteiger charge is 2.27. The van der Waals surface area contributed by atoms with Gasteiger partial charge >= 0.3 is 0 Å². The van der Waals surface area contributed by atoms with Gasteiger partial charge in [0.05, 0.1) is 5.60 Å². The number of rotatable bonds is 7. The van der Waals surface area contributed by atoms with Crippen molar-refractivity contribution in [2.75, 3.05) is 39.8 Å². The number of nitrogens with zero attached hydrogens (tertiary/aromatic N) is 1. The Kier molecular flexibility index (Phi) is 5.73. The zero-order valence-electron chi connectivity index (χ0n) is 11.4. The Morgan fingerprint density at radius 1 is 1.44 bits per heavy atom. The number of hydrogen-bond acceptors (Lipinski definition) is 3. The van der Waals surface area contributed by atoms with Crippen molar-refractivity contribution in [1.82, 2.24) is 10.2 Å². The number of nitrogens with one attached hydrogen (secondary N) is 1. The Bertz CT molecular complexity index is 194. The molecule has 0 amide bonds. The van der Waals surface area contributed by atoms with E-state index in [1.165, 1.54) is 32.5 Å². The third-order valence-corrected chi connectivity index (χ3v) is 3.39. The lowest BCUT2D eigenvalue weighted by Gasteiger charge is -2.28. The van der Waals surface area contributed by atoms with Crippen molar-refractivity contribution in [3.63, 3.8) is 0 Å². The Hall–Kier alpha value is -0.120. The second-order valence-corrected chi connectivity index (χ2v) is 5.56. The van der Waals surface area contributed by atoms with Gasteiger partial charge in [0, 0.05) is 20.2 Å². The van der Waals surface area contributed by atoms with Crippen molar-refractivity contribution in [3.05, 3.63) is 0 Å². The van der Waals surface area contributed by atoms with Crippen LogP contribution in [0.2, 0.25) is 0 Å². The molecule has 0 aromatic rings. The fraction of sp³-hybridized carbons (Fsp3) is 1.00. The van der Waals surface area contributed by atoms with E-state index in [2.05, 4.69) is 31.0 Å². The summed E-state index contributed by atoms with van der Waals surface area (Å²) in [5, 5.41) is 3.52. The van der Waals surface area contributed by atoms with E-state index in [9.17, 15) is 0 Å². The number of ether oxygens (including phenoxy) is 1. The fourth-order valence-corrected chi connectivity index (χ4v) is 2.31. The summed E-state index contributed by atoms with van der Waals surface area (Å²) in [5.41, 5.74) is -0.00820. The second kappa shape index (κ2) is 6.58. The maximum atomic E-state index is 5.48. The highest BCUT2D eigenvalue weighted by atomic mass is 16.5. The molecule has 0 aromatic carbocycles. The van der Waals surface area contributed by atoms with Gasteiger partial charge in [-0.3, -0.25) is 0 Å². The Morgan fingerprint density at radius 3 is 2.81 bits per heavy atom. The second-order valence-electron chi connectivity index (χ2n) is 5.56. The van der Waals surface area contributed by atoms with Crippen molar-refractivity contribution < 1.29 is 4.74 Å². The summed E-state index contributed by atoms with van der Waals surface area (Å²) in [5.74, 6) is 0.833. The molecule has 0 saturated carbocycles. The SMILES string of the molecule is CCCNCC1CCN(CC(C)(C)OC)C1. The van der Waals surface area contributed by atoms with Gasteiger partial charge in [-0.15, -0.1) is 0 Å². The smallest absolute Gasteiger partial charge is 0.0749 e. The largest absolute Gasteiger partial charge is 0.377 e. The molecule has 1 atom stereocenters. The van der Waals surface area contributed by atoms with Crippen LogP contribution in [0.1, 0.15) is 33.6 Å². The van der Waals surface area contributed by atoms with Crippen LogP contribution in [0.5, 0.6) is 0 Å². The molecule has 1 aliphatic heterocycles. The molecule has 0 radical (unpaired) electrons. The van der Waals surface area contributed by atoms with Crippen LogP contribution in [0, 0.1) is 5.92 Å². The molecule has 1 N–H and O–H groups in total. The van der Waals surface area contributed by atoms with Gasteiger partial charge in [-0.1, -0.05) is 6.92 Å². The van der Waals surface area contributed by atoms with Gasteiger partial charge in [0.1, 0.15) is 0 Å². The summed E-state index contributed by atoms with van der Waals surface area (Å²) in [6.07, 6.45) is 2.56. The lowest BCUT2D eigenvalue weighted by atomic mass is 10.1. The molecule has 1 saturated heterocycles. The highest BCUT2D eigenvalue weighted by molar-refractivity contribution is 4.82. The number of methoxy groups -OCH3 is 1. The molecule has 1 aliphatic rings. The van der Waals surface area contributed by atoms with Crippen LogP contribution >= 0.6 is 0 Å². The van der Waals surface area contributed by atoms with E-state index in [4.69, 9.17) is 4.74 Å². The van der Waals surface area contributed by atoms with Crippen molar-refractivity contribution in [1.29, 1.82) is 0 Å². The first-order chi connectivity index (χ1) is 7.57. The Labute approximate surface area is 101 Å². The van der Waals surface area contributed by atoms with E-state index in [0.717, 1.165) is 19.0 Å². The predicted molar refractivity (Wildman–Crippen MR) is 68.8 cm³/mol. The van der Waals surface area contributed by atoms with Crippen molar-refractivity contribution in [2.45, 2.75) is 39.2 Å². The van der Waals surface area contributed by atoms with Gasteiger partial charge < -0.3 is 15.0 Å². The zero-order valence-corrected chi connectivity index (χ0v) is 11.4. The predicted octanol–water partition coefficient (Wildman–Crippen LogP) is 1.73. The maximum absolute atomic E-state index is 5.48. The summed E-state index contributed by atoms with van der Waals surface area (Å²) < 4.78 is 5.48. The van der Waals surface area contributed by atoms with E-state index < -0.39 is 0 Å². The molecule has 96 valence electrons. The molecule has 0 spiro atoms. The minimum absolute atomic E-state index is 0.00820. The summed E-state index contributed by atoms with van der Waals surface area (Å²) in [7, 11) is 1.80. The first kappa shape index (κ1) is 13.9. The molecule has 16 heavy (non-hydrogen) atoms. The van der Waals surface area contributed by atoms with Gasteiger partial charge in [-0.05, 0) is 52.2 Å². The van der Waals surface area contributed by atoms with E-state index in [1.807, 2.05) is 0 Å². The van der Waals surface area contributed by atoms with E-state index in [1.54, 1.807) is 7.11 Å². The number of hydrogen-bond donors (Lipinski definition) is 1. The molecule has 0 aliphatic carbocycles. The Balaban J connectivity index is 2.19. The molecule has 3 heteroatoms. The van der Waals surface area contributed by atoms with Crippen LogP contribution < -0.4 is 5.32 Å². The highest BCUT2D eigenvalue weighted by Crippen LogP contribution is 2.19. The molecule has 1 heterocycles. The van der Waals surface area contributed by atoms with Crippen LogP contribution in [0.4, 0.5) is 0 Å². The molecule has 3 nitrogen and oxygen atoms in total. The zero-order chi connectivity index (χ0) is 12.0. The van der Waals surface area contributed by atoms with E-state index in [0.29, 0.717) is 0 Å². The third kappa shape index (κ3) is 4.81. The first-order valence-electron chi connectivity index (χ1n) is 6.55. The minimum atomic E-state index is -0.00820. The van der Waals surface area contributed by atoms with Gasteiger partial charge in [0.15, 0.2) is 0 Å². The average molecular weight is 228 g/mol. The van der Waals surface area contributed by atoms with Crippen LogP contribution in [0.25, 0.3) is 0 Å². The van der Waals surface area contributed by atoms with Crippen molar-refractivity contribution in [2.24, 2.45) is 5.92 Å². The van der Waals surface area contributed by atoms with E-state index in [-0.39, 0.29) is 5.60 Å². The van der Waals surface area contributed by atoms with Gasteiger partial charge in [0.2, 0.25) is 0 Å². The van der Waals surface area contributed by atoms with Gasteiger partial charge in [-0.25, -0.2) is 0 Å². The topological polar surface area (TPSA) is 24.5 Å². The van der Waals surface area contributed by atoms with Gasteiger partial charge in [0.25, 0.3) is 0 Å².